The first-order valence-electron chi connectivity index (χ1n) is 6.47. The van der Waals surface area contributed by atoms with Crippen LogP contribution in [0, 0.1) is 11.8 Å². The summed E-state index contributed by atoms with van der Waals surface area (Å²) in [6.07, 6.45) is 9.43. The Labute approximate surface area is 126 Å². The maximum Gasteiger partial charge on any atom is 0.174 e. The number of halogens is 1. The Hall–Kier alpha value is -0.420. The second-order valence-corrected chi connectivity index (χ2v) is 5.45. The van der Waals surface area contributed by atoms with Crippen LogP contribution in [0.2, 0.25) is 0 Å². The van der Waals surface area contributed by atoms with Crippen molar-refractivity contribution < 1.29 is 33.3 Å². The van der Waals surface area contributed by atoms with Crippen LogP contribution in [-0.4, -0.2) is 6.61 Å². The van der Waals surface area contributed by atoms with Gasteiger partial charge in [-0.05, 0) is 31.7 Å². The first-order chi connectivity index (χ1) is 8.24. The SMILES string of the molecule is CC1=CCC2COC(c3ccc[n+](C)c3)C1C2.[I-]. The van der Waals surface area contributed by atoms with Crippen molar-refractivity contribution in [1.82, 2.24) is 0 Å². The lowest BCUT2D eigenvalue weighted by molar-refractivity contribution is -0.672. The van der Waals surface area contributed by atoms with Crippen LogP contribution in [0.25, 0.3) is 0 Å². The number of aromatic nitrogens is 1. The van der Waals surface area contributed by atoms with Crippen molar-refractivity contribution in [3.05, 3.63) is 41.7 Å². The van der Waals surface area contributed by atoms with E-state index < -0.39 is 0 Å². The number of pyridine rings is 1. The molecule has 1 fully saturated rings. The van der Waals surface area contributed by atoms with E-state index in [-0.39, 0.29) is 30.1 Å². The number of allylic oxidation sites excluding steroid dienone is 1. The maximum absolute atomic E-state index is 6.10. The fourth-order valence-corrected chi connectivity index (χ4v) is 3.11. The summed E-state index contributed by atoms with van der Waals surface area (Å²) in [4.78, 5) is 0. The molecule has 3 rings (SSSR count). The lowest BCUT2D eigenvalue weighted by Gasteiger charge is -2.39. The van der Waals surface area contributed by atoms with Gasteiger partial charge in [-0.2, -0.15) is 0 Å². The number of nitrogens with zero attached hydrogens (tertiary/aromatic N) is 1. The normalized spacial score (nSPS) is 30.3. The van der Waals surface area contributed by atoms with Crippen molar-refractivity contribution in [3.8, 4) is 0 Å². The quantitative estimate of drug-likeness (QED) is 0.377. The minimum Gasteiger partial charge on any atom is -1.00 e. The van der Waals surface area contributed by atoms with E-state index in [0.717, 1.165) is 12.5 Å². The van der Waals surface area contributed by atoms with Gasteiger partial charge in [-0.3, -0.25) is 0 Å². The Bertz CT molecular complexity index is 458. The van der Waals surface area contributed by atoms with Crippen LogP contribution in [0.15, 0.2) is 36.2 Å². The van der Waals surface area contributed by atoms with Crippen LogP contribution in [0.1, 0.15) is 31.4 Å². The Kier molecular flexibility index (Phi) is 4.43. The molecule has 1 aliphatic heterocycles. The zero-order valence-electron chi connectivity index (χ0n) is 11.0. The van der Waals surface area contributed by atoms with E-state index in [4.69, 9.17) is 4.74 Å². The third-order valence-electron chi connectivity index (χ3n) is 4.11. The molecule has 0 amide bonds. The summed E-state index contributed by atoms with van der Waals surface area (Å²) in [5.41, 5.74) is 2.82. The molecular weight excluding hydrogens is 337 g/mol. The number of hydrogen-bond acceptors (Lipinski definition) is 1. The predicted octanol–water partition coefficient (Wildman–Crippen LogP) is -0.441. The Balaban J connectivity index is 0.00000120. The molecule has 2 aliphatic rings. The molecule has 18 heavy (non-hydrogen) atoms. The molecule has 3 unspecified atom stereocenters. The van der Waals surface area contributed by atoms with E-state index in [1.165, 1.54) is 24.0 Å². The second kappa shape index (κ2) is 5.70. The van der Waals surface area contributed by atoms with Gasteiger partial charge in [0.2, 0.25) is 0 Å². The van der Waals surface area contributed by atoms with Crippen LogP contribution < -0.4 is 28.5 Å². The molecule has 1 aromatic heterocycles. The van der Waals surface area contributed by atoms with Crippen LogP contribution >= 0.6 is 0 Å². The van der Waals surface area contributed by atoms with Gasteiger partial charge in [0.1, 0.15) is 7.05 Å². The van der Waals surface area contributed by atoms with Crippen molar-refractivity contribution in [2.24, 2.45) is 18.9 Å². The number of aryl methyl sites for hydroxylation is 1. The standard InChI is InChI=1S/C15H20NO.HI/c1-11-5-6-12-8-14(11)15(17-10-12)13-4-3-7-16(2)9-13;/h3-5,7,9,12,14-15H,6,8,10H2,1-2H3;1H/q+1;/p-1. The van der Waals surface area contributed by atoms with Crippen molar-refractivity contribution in [2.75, 3.05) is 6.61 Å². The monoisotopic (exact) mass is 357 g/mol. The van der Waals surface area contributed by atoms with Crippen LogP contribution in [0.3, 0.4) is 0 Å². The largest absolute Gasteiger partial charge is 1.00 e. The van der Waals surface area contributed by atoms with Gasteiger partial charge in [-0.1, -0.05) is 11.6 Å². The summed E-state index contributed by atoms with van der Waals surface area (Å²) in [6.45, 7) is 3.18. The molecule has 2 heterocycles. The van der Waals surface area contributed by atoms with Gasteiger partial charge in [0, 0.05) is 17.5 Å². The van der Waals surface area contributed by atoms with Crippen LogP contribution in [0.5, 0.6) is 0 Å². The van der Waals surface area contributed by atoms with Gasteiger partial charge in [0.25, 0.3) is 0 Å². The fourth-order valence-electron chi connectivity index (χ4n) is 3.11. The van der Waals surface area contributed by atoms with E-state index in [1.807, 2.05) is 0 Å². The molecule has 2 nitrogen and oxygen atoms in total. The number of ether oxygens (including phenoxy) is 1. The summed E-state index contributed by atoms with van der Waals surface area (Å²) in [5, 5.41) is 0. The minimum absolute atomic E-state index is 0. The highest BCUT2D eigenvalue weighted by atomic mass is 127. The predicted molar refractivity (Wildman–Crippen MR) is 66.3 cm³/mol. The average molecular weight is 357 g/mol. The lowest BCUT2D eigenvalue weighted by Crippen LogP contribution is -3.00. The minimum atomic E-state index is 0. The molecule has 1 saturated heterocycles. The number of hydrogen-bond donors (Lipinski definition) is 0. The topological polar surface area (TPSA) is 13.1 Å². The molecule has 0 spiro atoms. The molecule has 3 heteroatoms. The van der Waals surface area contributed by atoms with E-state index in [1.54, 1.807) is 0 Å². The fraction of sp³-hybridized carbons (Fsp3) is 0.533. The van der Waals surface area contributed by atoms with Crippen molar-refractivity contribution in [2.45, 2.75) is 25.9 Å². The summed E-state index contributed by atoms with van der Waals surface area (Å²) < 4.78 is 8.21. The summed E-state index contributed by atoms with van der Waals surface area (Å²) in [7, 11) is 2.07. The van der Waals surface area contributed by atoms with Gasteiger partial charge in [-0.25, -0.2) is 4.57 Å². The second-order valence-electron chi connectivity index (χ2n) is 5.45. The molecular formula is C15H20INO. The highest BCUT2D eigenvalue weighted by Crippen LogP contribution is 2.43. The number of rotatable bonds is 1. The molecule has 2 bridgehead atoms. The Morgan fingerprint density at radius 1 is 1.39 bits per heavy atom. The highest BCUT2D eigenvalue weighted by molar-refractivity contribution is 5.20. The molecule has 3 atom stereocenters. The first kappa shape index (κ1) is 14.0. The van der Waals surface area contributed by atoms with Gasteiger partial charge in [-0.15, -0.1) is 0 Å². The molecule has 0 saturated carbocycles. The van der Waals surface area contributed by atoms with E-state index in [0.29, 0.717) is 5.92 Å². The summed E-state index contributed by atoms with van der Waals surface area (Å²) in [5.74, 6) is 1.34. The van der Waals surface area contributed by atoms with Gasteiger partial charge in [0.05, 0.1) is 12.7 Å². The van der Waals surface area contributed by atoms with Crippen LogP contribution in [-0.2, 0) is 11.8 Å². The van der Waals surface area contributed by atoms with Gasteiger partial charge in [0.15, 0.2) is 12.4 Å². The Morgan fingerprint density at radius 3 is 3.00 bits per heavy atom. The van der Waals surface area contributed by atoms with Gasteiger partial charge >= 0.3 is 0 Å². The maximum atomic E-state index is 6.10. The van der Waals surface area contributed by atoms with Gasteiger partial charge < -0.3 is 28.7 Å². The number of fused-ring (bicyclic) bond motifs is 2. The molecule has 98 valence electrons. The van der Waals surface area contributed by atoms with Crippen molar-refractivity contribution in [1.29, 1.82) is 0 Å². The smallest absolute Gasteiger partial charge is 0.174 e. The third kappa shape index (κ3) is 2.62. The molecule has 0 aromatic carbocycles. The van der Waals surface area contributed by atoms with Crippen LogP contribution in [0.4, 0.5) is 0 Å². The summed E-state index contributed by atoms with van der Waals surface area (Å²) in [6, 6.07) is 4.29. The molecule has 0 radical (unpaired) electrons. The molecule has 1 aliphatic carbocycles. The van der Waals surface area contributed by atoms with Crippen molar-refractivity contribution >= 4 is 0 Å². The summed E-state index contributed by atoms with van der Waals surface area (Å²) >= 11 is 0. The average Bonchev–Trinajstić information content (AvgIpc) is 2.34. The zero-order chi connectivity index (χ0) is 11.8. The van der Waals surface area contributed by atoms with E-state index >= 15 is 0 Å². The Morgan fingerprint density at radius 2 is 2.22 bits per heavy atom. The third-order valence-corrected chi connectivity index (χ3v) is 4.11. The van der Waals surface area contributed by atoms with E-state index in [2.05, 4.69) is 49.1 Å². The zero-order valence-corrected chi connectivity index (χ0v) is 13.1. The highest BCUT2D eigenvalue weighted by Gasteiger charge is 2.36. The van der Waals surface area contributed by atoms with Crippen molar-refractivity contribution in [3.63, 3.8) is 0 Å². The van der Waals surface area contributed by atoms with E-state index in [9.17, 15) is 0 Å². The lowest BCUT2D eigenvalue weighted by atomic mass is 9.75. The molecule has 1 aromatic rings. The first-order valence-corrected chi connectivity index (χ1v) is 6.47. The molecule has 0 N–H and O–H groups in total.